The first-order chi connectivity index (χ1) is 11.9. The Kier molecular flexibility index (Phi) is 5.87. The van der Waals surface area contributed by atoms with Crippen LogP contribution in [-0.4, -0.2) is 53.8 Å². The first-order valence-corrected chi connectivity index (χ1v) is 9.48. The van der Waals surface area contributed by atoms with E-state index in [0.29, 0.717) is 54.1 Å². The van der Waals surface area contributed by atoms with Gasteiger partial charge < -0.3 is 15.5 Å². The van der Waals surface area contributed by atoms with Gasteiger partial charge in [0.2, 0.25) is 5.91 Å². The molecule has 2 aliphatic rings. The van der Waals surface area contributed by atoms with Crippen LogP contribution in [-0.2, 0) is 4.79 Å². The van der Waals surface area contributed by atoms with Crippen molar-refractivity contribution in [2.45, 2.75) is 31.7 Å². The molecule has 0 aromatic heterocycles. The quantitative estimate of drug-likeness (QED) is 0.872. The SMILES string of the molecule is N[C@@H]1CCC[C@H]1CC(=O)N1CCN(C(=O)c2cc(Cl)cc(Cl)c2)CC1. The monoisotopic (exact) mass is 383 g/mol. The second kappa shape index (κ2) is 7.94. The van der Waals surface area contributed by atoms with E-state index in [1.165, 1.54) is 0 Å². The summed E-state index contributed by atoms with van der Waals surface area (Å²) in [5, 5.41) is 0.884. The Morgan fingerprint density at radius 1 is 1.00 bits per heavy atom. The summed E-state index contributed by atoms with van der Waals surface area (Å²) in [6, 6.07) is 4.99. The maximum atomic E-state index is 12.6. The maximum Gasteiger partial charge on any atom is 0.254 e. The second-order valence-electron chi connectivity index (χ2n) is 6.89. The molecule has 136 valence electrons. The summed E-state index contributed by atoms with van der Waals surface area (Å²) >= 11 is 11.9. The zero-order valence-corrected chi connectivity index (χ0v) is 15.6. The molecule has 25 heavy (non-hydrogen) atoms. The molecule has 0 unspecified atom stereocenters. The highest BCUT2D eigenvalue weighted by atomic mass is 35.5. The molecule has 7 heteroatoms. The molecule has 0 bridgehead atoms. The molecule has 1 aromatic carbocycles. The number of carbonyl (C=O) groups excluding carboxylic acids is 2. The maximum absolute atomic E-state index is 12.6. The van der Waals surface area contributed by atoms with Gasteiger partial charge in [-0.2, -0.15) is 0 Å². The molecule has 0 spiro atoms. The number of nitrogens with two attached hydrogens (primary N) is 1. The number of hydrogen-bond donors (Lipinski definition) is 1. The van der Waals surface area contributed by atoms with Crippen molar-refractivity contribution >= 4 is 35.0 Å². The van der Waals surface area contributed by atoms with Crippen molar-refractivity contribution in [1.82, 2.24) is 9.80 Å². The van der Waals surface area contributed by atoms with E-state index in [1.807, 2.05) is 4.90 Å². The van der Waals surface area contributed by atoms with Gasteiger partial charge in [0.15, 0.2) is 0 Å². The van der Waals surface area contributed by atoms with Crippen molar-refractivity contribution in [2.75, 3.05) is 26.2 Å². The van der Waals surface area contributed by atoms with Gasteiger partial charge >= 0.3 is 0 Å². The Hall–Kier alpha value is -1.30. The fraction of sp³-hybridized carbons (Fsp3) is 0.556. The van der Waals surface area contributed by atoms with E-state index in [0.717, 1.165) is 19.3 Å². The number of amides is 2. The number of hydrogen-bond acceptors (Lipinski definition) is 3. The van der Waals surface area contributed by atoms with Crippen molar-refractivity contribution in [3.8, 4) is 0 Å². The Morgan fingerprint density at radius 2 is 1.60 bits per heavy atom. The van der Waals surface area contributed by atoms with Crippen molar-refractivity contribution in [3.05, 3.63) is 33.8 Å². The standard InChI is InChI=1S/C18H23Cl2N3O2/c19-14-8-13(9-15(20)11-14)18(25)23-6-4-22(5-7-23)17(24)10-12-2-1-3-16(12)21/h8-9,11-12,16H,1-7,10,21H2/t12-,16+/m0/s1. The summed E-state index contributed by atoms with van der Waals surface area (Å²) in [6.07, 6.45) is 3.70. The molecule has 1 aliphatic heterocycles. The Morgan fingerprint density at radius 3 is 2.16 bits per heavy atom. The lowest BCUT2D eigenvalue weighted by molar-refractivity contribution is -0.133. The summed E-state index contributed by atoms with van der Waals surface area (Å²) in [6.45, 7) is 2.15. The molecule has 2 fully saturated rings. The number of nitrogens with zero attached hydrogens (tertiary/aromatic N) is 2. The summed E-state index contributed by atoms with van der Waals surface area (Å²) in [5.41, 5.74) is 6.54. The van der Waals surface area contributed by atoms with E-state index < -0.39 is 0 Å². The van der Waals surface area contributed by atoms with Gasteiger partial charge in [-0.05, 0) is 37.0 Å². The van der Waals surface area contributed by atoms with Crippen molar-refractivity contribution in [3.63, 3.8) is 0 Å². The van der Waals surface area contributed by atoms with Crippen LogP contribution in [0.25, 0.3) is 0 Å². The van der Waals surface area contributed by atoms with E-state index in [4.69, 9.17) is 28.9 Å². The molecule has 1 aliphatic carbocycles. The van der Waals surface area contributed by atoms with Crippen LogP contribution in [0, 0.1) is 5.92 Å². The van der Waals surface area contributed by atoms with Crippen molar-refractivity contribution in [1.29, 1.82) is 0 Å². The molecule has 1 heterocycles. The number of piperazine rings is 1. The predicted octanol–water partition coefficient (Wildman–Crippen LogP) is 2.80. The number of carbonyl (C=O) groups is 2. The predicted molar refractivity (Wildman–Crippen MR) is 98.9 cm³/mol. The normalized spacial score (nSPS) is 23.8. The molecule has 1 saturated carbocycles. The van der Waals surface area contributed by atoms with Crippen LogP contribution >= 0.6 is 23.2 Å². The zero-order valence-electron chi connectivity index (χ0n) is 14.1. The van der Waals surface area contributed by atoms with Gasteiger partial charge in [0, 0.05) is 54.3 Å². The van der Waals surface area contributed by atoms with Crippen LogP contribution in [0.5, 0.6) is 0 Å². The second-order valence-corrected chi connectivity index (χ2v) is 7.76. The average molecular weight is 384 g/mol. The first-order valence-electron chi connectivity index (χ1n) is 8.73. The lowest BCUT2D eigenvalue weighted by Gasteiger charge is -2.35. The van der Waals surface area contributed by atoms with Crippen LogP contribution in [0.15, 0.2) is 18.2 Å². The number of halogens is 2. The largest absolute Gasteiger partial charge is 0.339 e. The highest BCUT2D eigenvalue weighted by Crippen LogP contribution is 2.27. The molecule has 1 aromatic rings. The van der Waals surface area contributed by atoms with Gasteiger partial charge in [-0.1, -0.05) is 29.6 Å². The Balaban J connectivity index is 1.54. The van der Waals surface area contributed by atoms with Gasteiger partial charge in [0.25, 0.3) is 5.91 Å². The van der Waals surface area contributed by atoms with E-state index in [2.05, 4.69) is 0 Å². The van der Waals surface area contributed by atoms with Gasteiger partial charge in [-0.3, -0.25) is 9.59 Å². The van der Waals surface area contributed by atoms with E-state index in [1.54, 1.807) is 23.1 Å². The summed E-state index contributed by atoms with van der Waals surface area (Å²) in [5.74, 6) is 0.357. The Labute approximate surface area is 158 Å². The molecule has 5 nitrogen and oxygen atoms in total. The minimum atomic E-state index is -0.102. The van der Waals surface area contributed by atoms with Crippen molar-refractivity contribution in [2.24, 2.45) is 11.7 Å². The van der Waals surface area contributed by atoms with Gasteiger partial charge in [0.05, 0.1) is 0 Å². The third-order valence-electron chi connectivity index (χ3n) is 5.18. The minimum Gasteiger partial charge on any atom is -0.339 e. The summed E-state index contributed by atoms with van der Waals surface area (Å²) in [4.78, 5) is 28.6. The fourth-order valence-corrected chi connectivity index (χ4v) is 4.22. The highest BCUT2D eigenvalue weighted by molar-refractivity contribution is 6.35. The third kappa shape index (κ3) is 4.46. The molecular weight excluding hydrogens is 361 g/mol. The molecule has 2 amide bonds. The van der Waals surface area contributed by atoms with Crippen LogP contribution in [0.4, 0.5) is 0 Å². The van der Waals surface area contributed by atoms with Crippen LogP contribution < -0.4 is 5.73 Å². The minimum absolute atomic E-state index is 0.102. The van der Waals surface area contributed by atoms with Crippen LogP contribution in [0.2, 0.25) is 10.0 Å². The van der Waals surface area contributed by atoms with Crippen molar-refractivity contribution < 1.29 is 9.59 Å². The average Bonchev–Trinajstić information content (AvgIpc) is 2.98. The van der Waals surface area contributed by atoms with Crippen LogP contribution in [0.3, 0.4) is 0 Å². The lowest BCUT2D eigenvalue weighted by atomic mass is 9.99. The first kappa shape index (κ1) is 18.5. The summed E-state index contributed by atoms with van der Waals surface area (Å²) < 4.78 is 0. The molecule has 1 saturated heterocycles. The lowest BCUT2D eigenvalue weighted by Crippen LogP contribution is -2.51. The number of rotatable bonds is 3. The summed E-state index contributed by atoms with van der Waals surface area (Å²) in [7, 11) is 0. The topological polar surface area (TPSA) is 66.6 Å². The third-order valence-corrected chi connectivity index (χ3v) is 5.62. The zero-order chi connectivity index (χ0) is 18.0. The molecule has 2 atom stereocenters. The number of benzene rings is 1. The van der Waals surface area contributed by atoms with Crippen LogP contribution in [0.1, 0.15) is 36.0 Å². The van der Waals surface area contributed by atoms with Gasteiger partial charge in [-0.15, -0.1) is 0 Å². The molecule has 2 N–H and O–H groups in total. The van der Waals surface area contributed by atoms with E-state index in [-0.39, 0.29) is 17.9 Å². The molecule has 0 radical (unpaired) electrons. The Bertz CT molecular complexity index is 639. The van der Waals surface area contributed by atoms with E-state index >= 15 is 0 Å². The van der Waals surface area contributed by atoms with E-state index in [9.17, 15) is 9.59 Å². The fourth-order valence-electron chi connectivity index (χ4n) is 3.69. The molecular formula is C18H23Cl2N3O2. The highest BCUT2D eigenvalue weighted by Gasteiger charge is 2.30. The molecule has 3 rings (SSSR count). The van der Waals surface area contributed by atoms with Gasteiger partial charge in [-0.25, -0.2) is 0 Å². The smallest absolute Gasteiger partial charge is 0.254 e. The van der Waals surface area contributed by atoms with Gasteiger partial charge in [0.1, 0.15) is 0 Å².